The van der Waals surface area contributed by atoms with E-state index in [2.05, 4.69) is 17.0 Å². The van der Waals surface area contributed by atoms with E-state index in [1.54, 1.807) is 4.52 Å². The van der Waals surface area contributed by atoms with Crippen LogP contribution in [0.1, 0.15) is 161 Å². The van der Waals surface area contributed by atoms with E-state index in [1.165, 1.54) is 103 Å². The quantitative estimate of drug-likeness (QED) is 0.0823. The highest BCUT2D eigenvalue weighted by molar-refractivity contribution is 7.47. The van der Waals surface area contributed by atoms with E-state index in [-0.39, 0.29) is 31.3 Å². The molecule has 2 aliphatic rings. The first-order chi connectivity index (χ1) is 22.6. The van der Waals surface area contributed by atoms with E-state index < -0.39 is 19.0 Å². The Morgan fingerprint density at radius 2 is 1.43 bits per heavy atom. The van der Waals surface area contributed by atoms with E-state index in [0.717, 1.165) is 30.5 Å². The number of phosphoric ester groups is 1. The summed E-state index contributed by atoms with van der Waals surface area (Å²) in [6, 6.07) is 3.89. The third-order valence-corrected chi connectivity index (χ3v) is 11.1. The fourth-order valence-electron chi connectivity index (χ4n) is 7.47. The summed E-state index contributed by atoms with van der Waals surface area (Å²) >= 11 is 0. The van der Waals surface area contributed by atoms with E-state index in [9.17, 15) is 9.46 Å². The molecule has 11 heteroatoms. The Bertz CT molecular complexity index is 1260. The Kier molecular flexibility index (Phi) is 15.0. The highest BCUT2D eigenvalue weighted by Gasteiger charge is 2.60. The largest absolute Gasteiger partial charge is 0.472 e. The zero-order chi connectivity index (χ0) is 33.8. The molecule has 1 saturated carbocycles. The van der Waals surface area contributed by atoms with Crippen molar-refractivity contribution in [3.05, 3.63) is 24.2 Å². The van der Waals surface area contributed by atoms with Crippen molar-refractivity contribution < 1.29 is 28.0 Å². The molecule has 1 unspecified atom stereocenters. The molecule has 3 N–H and O–H groups in total. The van der Waals surface area contributed by atoms with Crippen LogP contribution < -0.4 is 5.73 Å². The minimum atomic E-state index is -4.21. The number of nitrogen functional groups attached to an aromatic ring is 1. The molecule has 1 aliphatic heterocycles. The van der Waals surface area contributed by atoms with Crippen LogP contribution in [0.4, 0.5) is 5.82 Å². The maximum atomic E-state index is 12.8. The van der Waals surface area contributed by atoms with E-state index in [0.29, 0.717) is 12.2 Å². The van der Waals surface area contributed by atoms with Crippen LogP contribution in [0.25, 0.3) is 5.52 Å². The first-order valence-electron chi connectivity index (χ1n) is 18.6. The summed E-state index contributed by atoms with van der Waals surface area (Å²) in [6.07, 6.45) is 24.8. The molecule has 4 rings (SSSR count). The van der Waals surface area contributed by atoms with Gasteiger partial charge in [0.15, 0.2) is 11.6 Å². The van der Waals surface area contributed by atoms with Gasteiger partial charge in [-0.2, -0.15) is 5.10 Å². The summed E-state index contributed by atoms with van der Waals surface area (Å²) in [5, 5.41) is 4.42. The molecule has 0 aromatic carbocycles. The molecule has 2 aromatic rings. The predicted octanol–water partition coefficient (Wildman–Crippen LogP) is 9.50. The third kappa shape index (κ3) is 11.5. The summed E-state index contributed by atoms with van der Waals surface area (Å²) in [7, 11) is -4.21. The van der Waals surface area contributed by atoms with Gasteiger partial charge in [-0.25, -0.2) is 14.1 Å². The molecule has 1 saturated heterocycles. The zero-order valence-corrected chi connectivity index (χ0v) is 30.6. The van der Waals surface area contributed by atoms with Gasteiger partial charge in [-0.15, -0.1) is 0 Å². The molecule has 2 fully saturated rings. The van der Waals surface area contributed by atoms with Crippen molar-refractivity contribution >= 4 is 19.2 Å². The topological polar surface area (TPSA) is 130 Å². The number of ether oxygens (including phenoxy) is 2. The maximum absolute atomic E-state index is 12.8. The number of nitrogens with two attached hydrogens (primary N) is 1. The normalized spacial score (nSPS) is 25.0. The minimum Gasteiger partial charge on any atom is -0.382 e. The number of hydrogen-bond donors (Lipinski definition) is 2. The summed E-state index contributed by atoms with van der Waals surface area (Å²) < 4.78 is 38.3. The number of phosphoric acid groups is 1. The zero-order valence-electron chi connectivity index (χ0n) is 29.7. The van der Waals surface area contributed by atoms with Gasteiger partial charge < -0.3 is 20.1 Å². The Morgan fingerprint density at radius 1 is 0.872 bits per heavy atom. The van der Waals surface area contributed by atoms with Crippen LogP contribution in [0, 0.1) is 5.41 Å². The fourth-order valence-corrected chi connectivity index (χ4v) is 8.37. The van der Waals surface area contributed by atoms with Gasteiger partial charge in [-0.3, -0.25) is 9.05 Å². The van der Waals surface area contributed by atoms with Crippen LogP contribution in [-0.2, 0) is 23.1 Å². The van der Waals surface area contributed by atoms with Gasteiger partial charge in [0.2, 0.25) is 0 Å². The monoisotopic (exact) mass is 678 g/mol. The molecule has 3 heterocycles. The molecule has 0 spiro atoms. The van der Waals surface area contributed by atoms with Crippen molar-refractivity contribution in [3.63, 3.8) is 0 Å². The first kappa shape index (κ1) is 38.3. The second-order valence-electron chi connectivity index (χ2n) is 14.8. The molecular formula is C36H63N4O6P. The van der Waals surface area contributed by atoms with Crippen molar-refractivity contribution in [2.45, 2.75) is 174 Å². The Hall–Kier alpha value is -1.55. The van der Waals surface area contributed by atoms with E-state index in [1.807, 2.05) is 32.9 Å². The summed E-state index contributed by atoms with van der Waals surface area (Å²) in [5.41, 5.74) is 7.16. The van der Waals surface area contributed by atoms with Crippen LogP contribution in [0.15, 0.2) is 18.5 Å². The lowest BCUT2D eigenvalue weighted by Gasteiger charge is -2.31. The van der Waals surface area contributed by atoms with Gasteiger partial charge in [-0.05, 0) is 38.8 Å². The first-order valence-corrected chi connectivity index (χ1v) is 20.1. The van der Waals surface area contributed by atoms with Gasteiger partial charge in [0, 0.05) is 17.0 Å². The Morgan fingerprint density at radius 3 is 2.00 bits per heavy atom. The highest BCUT2D eigenvalue weighted by Crippen LogP contribution is 2.57. The van der Waals surface area contributed by atoms with Crippen molar-refractivity contribution in [3.8, 4) is 0 Å². The number of anilines is 1. The molecule has 10 nitrogen and oxygen atoms in total. The molecule has 0 bridgehead atoms. The van der Waals surface area contributed by atoms with E-state index in [4.69, 9.17) is 24.3 Å². The Labute approximate surface area is 283 Å². The number of nitrogens with zero attached hydrogens (tertiary/aromatic N) is 3. The standard InChI is InChI=1S/C36H63N4O6P/c1-5-6-7-8-9-10-11-12-13-14-15-16-17-18-19-20-21-22-25-43-47(41,42)44-27-36(4)26-29(32-33(36)46-35(2,3)45-32)30-23-24-31-34(37)38-28-39-40(30)31/h23-24,28-29,32-33H,5-22,25-27H2,1-4H3,(H,41,42)(H2,37,38,39)/t29-,32-,33-,36+/m0/s1. The molecule has 1 aliphatic carbocycles. The van der Waals surface area contributed by atoms with Crippen molar-refractivity contribution in [2.24, 2.45) is 5.41 Å². The highest BCUT2D eigenvalue weighted by atomic mass is 31.2. The van der Waals surface area contributed by atoms with Gasteiger partial charge in [0.05, 0.1) is 25.4 Å². The third-order valence-electron chi connectivity index (χ3n) is 10.1. The molecule has 268 valence electrons. The number of hydrogen-bond acceptors (Lipinski definition) is 8. The van der Waals surface area contributed by atoms with Gasteiger partial charge >= 0.3 is 7.82 Å². The second-order valence-corrected chi connectivity index (χ2v) is 16.2. The lowest BCUT2D eigenvalue weighted by molar-refractivity contribution is -0.168. The van der Waals surface area contributed by atoms with Crippen LogP contribution in [0.2, 0.25) is 0 Å². The minimum absolute atomic E-state index is 0.0113. The number of fused-ring (bicyclic) bond motifs is 2. The van der Waals surface area contributed by atoms with Gasteiger partial charge in [-0.1, -0.05) is 123 Å². The number of aromatic nitrogens is 3. The number of unbranched alkanes of at least 4 members (excludes halogenated alkanes) is 17. The molecule has 0 radical (unpaired) electrons. The molecule has 5 atom stereocenters. The van der Waals surface area contributed by atoms with Crippen molar-refractivity contribution in [2.75, 3.05) is 18.9 Å². The fraction of sp³-hybridized carbons (Fsp3) is 0.833. The molecule has 0 amide bonds. The van der Waals surface area contributed by atoms with Crippen LogP contribution in [-0.4, -0.2) is 50.7 Å². The summed E-state index contributed by atoms with van der Waals surface area (Å²) in [4.78, 5) is 14.6. The van der Waals surface area contributed by atoms with Gasteiger partial charge in [0.25, 0.3) is 0 Å². The smallest absolute Gasteiger partial charge is 0.382 e. The molecule has 47 heavy (non-hydrogen) atoms. The van der Waals surface area contributed by atoms with Crippen molar-refractivity contribution in [1.29, 1.82) is 0 Å². The van der Waals surface area contributed by atoms with Crippen LogP contribution in [0.3, 0.4) is 0 Å². The van der Waals surface area contributed by atoms with Crippen LogP contribution >= 0.6 is 7.82 Å². The average Bonchev–Trinajstić information content (AvgIpc) is 3.68. The maximum Gasteiger partial charge on any atom is 0.472 e. The lowest BCUT2D eigenvalue weighted by Crippen LogP contribution is -2.37. The average molecular weight is 679 g/mol. The summed E-state index contributed by atoms with van der Waals surface area (Å²) in [5.74, 6) is -0.461. The van der Waals surface area contributed by atoms with E-state index >= 15 is 0 Å². The lowest BCUT2D eigenvalue weighted by atomic mass is 9.86. The Balaban J connectivity index is 1.07. The SMILES string of the molecule is CCCCCCCCCCCCCCCCCCCCOP(=O)(O)OC[C@@]1(C)C[C@@H](c2ccc3c(N)ncnn23)[C@@H]2OC(C)(C)O[C@@H]21. The molecule has 2 aromatic heterocycles. The second kappa shape index (κ2) is 18.4. The number of rotatable bonds is 24. The van der Waals surface area contributed by atoms with Crippen LogP contribution in [0.5, 0.6) is 0 Å². The van der Waals surface area contributed by atoms with Crippen molar-refractivity contribution in [1.82, 2.24) is 14.6 Å². The predicted molar refractivity (Wildman–Crippen MR) is 187 cm³/mol. The van der Waals surface area contributed by atoms with Gasteiger partial charge in [0.1, 0.15) is 11.8 Å². The summed E-state index contributed by atoms with van der Waals surface area (Å²) in [6.45, 7) is 8.29. The molecular weight excluding hydrogens is 615 g/mol.